The molecule has 0 saturated carbocycles. The Hall–Kier alpha value is -0.930. The lowest BCUT2D eigenvalue weighted by atomic mass is 10.1. The molecule has 1 fully saturated rings. The first-order valence-electron chi connectivity index (χ1n) is 5.87. The zero-order valence-corrected chi connectivity index (χ0v) is 10.3. The number of likely N-dealkylation sites (tertiary alicyclic amines) is 1. The fourth-order valence-electron chi connectivity index (χ4n) is 1.67. The normalized spacial score (nSPS) is 20.6. The van der Waals surface area contributed by atoms with Gasteiger partial charge in [0, 0.05) is 31.5 Å². The maximum atomic E-state index is 9.39. The van der Waals surface area contributed by atoms with Crippen LogP contribution in [0, 0.1) is 0 Å². The van der Waals surface area contributed by atoms with E-state index in [0.29, 0.717) is 0 Å². The summed E-state index contributed by atoms with van der Waals surface area (Å²) in [4.78, 5) is 6.60. The molecular weight excluding hydrogens is 200 g/mol. The van der Waals surface area contributed by atoms with Crippen LogP contribution in [0.1, 0.15) is 26.7 Å². The standard InChI is InChI=1S/C13H22N2O/c1-4-12(3)14-9-11(2)10-15-7-5-13(16)6-8-15/h4,9,13,16H,2,5-8,10H2,1,3H3/b12-4-,14-9-. The molecule has 1 aliphatic rings. The molecule has 0 spiro atoms. The van der Waals surface area contributed by atoms with Gasteiger partial charge in [-0.05, 0) is 32.3 Å². The molecule has 0 amide bonds. The number of aliphatic hydroxyl groups excluding tert-OH is 1. The summed E-state index contributed by atoms with van der Waals surface area (Å²) in [6.45, 7) is 10.7. The summed E-state index contributed by atoms with van der Waals surface area (Å²) in [5.74, 6) is 0. The van der Waals surface area contributed by atoms with Crippen LogP contribution in [0.2, 0.25) is 0 Å². The third kappa shape index (κ3) is 4.73. The van der Waals surface area contributed by atoms with Crippen molar-refractivity contribution in [2.45, 2.75) is 32.8 Å². The molecule has 16 heavy (non-hydrogen) atoms. The third-order valence-corrected chi connectivity index (χ3v) is 2.85. The maximum Gasteiger partial charge on any atom is 0.0564 e. The Morgan fingerprint density at radius 3 is 2.69 bits per heavy atom. The van der Waals surface area contributed by atoms with Crippen molar-refractivity contribution >= 4 is 6.21 Å². The number of nitrogens with zero attached hydrogens (tertiary/aromatic N) is 2. The van der Waals surface area contributed by atoms with Gasteiger partial charge >= 0.3 is 0 Å². The SMILES string of the molecule is C=C(/C=N\C(C)=C/C)CN1CCC(O)CC1. The monoisotopic (exact) mass is 222 g/mol. The second-order valence-electron chi connectivity index (χ2n) is 4.35. The second-order valence-corrected chi connectivity index (χ2v) is 4.35. The van der Waals surface area contributed by atoms with Crippen LogP contribution >= 0.6 is 0 Å². The van der Waals surface area contributed by atoms with Gasteiger partial charge in [0.1, 0.15) is 0 Å². The molecule has 0 unspecified atom stereocenters. The minimum absolute atomic E-state index is 0.108. The summed E-state index contributed by atoms with van der Waals surface area (Å²) in [6.07, 6.45) is 5.45. The van der Waals surface area contributed by atoms with Gasteiger partial charge in [0.05, 0.1) is 6.10 Å². The number of hydrogen-bond acceptors (Lipinski definition) is 3. The average Bonchev–Trinajstić information content (AvgIpc) is 2.29. The Morgan fingerprint density at radius 1 is 1.50 bits per heavy atom. The zero-order chi connectivity index (χ0) is 12.0. The summed E-state index contributed by atoms with van der Waals surface area (Å²) in [6, 6.07) is 0. The molecule has 90 valence electrons. The highest BCUT2D eigenvalue weighted by Crippen LogP contribution is 2.10. The van der Waals surface area contributed by atoms with Gasteiger partial charge in [-0.25, -0.2) is 0 Å². The first kappa shape index (κ1) is 13.1. The fraction of sp³-hybridized carbons (Fsp3) is 0.615. The highest BCUT2D eigenvalue weighted by molar-refractivity contribution is 5.78. The number of rotatable bonds is 4. The lowest BCUT2D eigenvalue weighted by Crippen LogP contribution is -2.37. The van der Waals surface area contributed by atoms with Gasteiger partial charge in [0.25, 0.3) is 0 Å². The quantitative estimate of drug-likeness (QED) is 0.738. The Balaban J connectivity index is 2.32. The smallest absolute Gasteiger partial charge is 0.0564 e. The maximum absolute atomic E-state index is 9.39. The predicted octanol–water partition coefficient (Wildman–Crippen LogP) is 1.99. The molecule has 0 bridgehead atoms. The van der Waals surface area contributed by atoms with Crippen LogP contribution in [0.25, 0.3) is 0 Å². The fourth-order valence-corrected chi connectivity index (χ4v) is 1.67. The lowest BCUT2D eigenvalue weighted by molar-refractivity contribution is 0.0875. The van der Waals surface area contributed by atoms with Crippen molar-refractivity contribution < 1.29 is 5.11 Å². The van der Waals surface area contributed by atoms with E-state index < -0.39 is 0 Å². The molecule has 1 aliphatic heterocycles. The summed E-state index contributed by atoms with van der Waals surface area (Å²) in [5, 5.41) is 9.39. The van der Waals surface area contributed by atoms with E-state index in [4.69, 9.17) is 0 Å². The molecule has 0 aromatic carbocycles. The van der Waals surface area contributed by atoms with Gasteiger partial charge in [-0.1, -0.05) is 12.7 Å². The molecule has 1 heterocycles. The second kappa shape index (κ2) is 6.61. The largest absolute Gasteiger partial charge is 0.393 e. The van der Waals surface area contributed by atoms with Gasteiger partial charge in [-0.2, -0.15) is 0 Å². The molecule has 0 aromatic rings. The Bertz CT molecular complexity index is 286. The van der Waals surface area contributed by atoms with E-state index in [0.717, 1.165) is 43.7 Å². The van der Waals surface area contributed by atoms with Crippen LogP contribution in [0.3, 0.4) is 0 Å². The summed E-state index contributed by atoms with van der Waals surface area (Å²) in [5.41, 5.74) is 2.04. The van der Waals surface area contributed by atoms with Crippen LogP contribution < -0.4 is 0 Å². The highest BCUT2D eigenvalue weighted by atomic mass is 16.3. The molecule has 0 aliphatic carbocycles. The molecule has 0 radical (unpaired) electrons. The minimum atomic E-state index is -0.108. The van der Waals surface area contributed by atoms with Gasteiger partial charge in [-0.3, -0.25) is 9.89 Å². The summed E-state index contributed by atoms with van der Waals surface area (Å²) in [7, 11) is 0. The van der Waals surface area contributed by atoms with Gasteiger partial charge < -0.3 is 5.11 Å². The molecule has 3 heteroatoms. The van der Waals surface area contributed by atoms with E-state index in [1.54, 1.807) is 0 Å². The Kier molecular flexibility index (Phi) is 5.43. The van der Waals surface area contributed by atoms with Crippen LogP contribution in [0.4, 0.5) is 0 Å². The number of hydrogen-bond donors (Lipinski definition) is 1. The third-order valence-electron chi connectivity index (χ3n) is 2.85. The molecule has 0 aromatic heterocycles. The first-order chi connectivity index (χ1) is 7.61. The number of allylic oxidation sites excluding steroid dienone is 2. The van der Waals surface area contributed by atoms with Crippen molar-refractivity contribution in [3.63, 3.8) is 0 Å². The van der Waals surface area contributed by atoms with Crippen LogP contribution in [0.5, 0.6) is 0 Å². The first-order valence-corrected chi connectivity index (χ1v) is 5.87. The van der Waals surface area contributed by atoms with Crippen molar-refractivity contribution in [2.75, 3.05) is 19.6 Å². The van der Waals surface area contributed by atoms with E-state index in [-0.39, 0.29) is 6.10 Å². The number of aliphatic hydroxyl groups is 1. The number of aliphatic imine (C=N–C) groups is 1. The van der Waals surface area contributed by atoms with Crippen molar-refractivity contribution in [1.82, 2.24) is 4.90 Å². The summed E-state index contributed by atoms with van der Waals surface area (Å²) < 4.78 is 0. The average molecular weight is 222 g/mol. The Morgan fingerprint density at radius 2 is 2.12 bits per heavy atom. The molecule has 1 saturated heterocycles. The van der Waals surface area contributed by atoms with E-state index in [1.165, 1.54) is 0 Å². The topological polar surface area (TPSA) is 35.8 Å². The van der Waals surface area contributed by atoms with E-state index in [2.05, 4.69) is 16.5 Å². The van der Waals surface area contributed by atoms with Gasteiger partial charge in [0.2, 0.25) is 0 Å². The molecule has 1 N–H and O–H groups in total. The molecular formula is C13H22N2O. The van der Waals surface area contributed by atoms with Crippen LogP contribution in [-0.4, -0.2) is 42.0 Å². The van der Waals surface area contributed by atoms with Crippen LogP contribution in [-0.2, 0) is 0 Å². The van der Waals surface area contributed by atoms with Gasteiger partial charge in [0.15, 0.2) is 0 Å². The lowest BCUT2D eigenvalue weighted by Gasteiger charge is -2.29. The number of piperidine rings is 1. The summed E-state index contributed by atoms with van der Waals surface area (Å²) >= 11 is 0. The predicted molar refractivity (Wildman–Crippen MR) is 68.7 cm³/mol. The van der Waals surface area contributed by atoms with E-state index in [1.807, 2.05) is 26.1 Å². The van der Waals surface area contributed by atoms with Crippen molar-refractivity contribution in [1.29, 1.82) is 0 Å². The van der Waals surface area contributed by atoms with Crippen molar-refractivity contribution in [2.24, 2.45) is 4.99 Å². The molecule has 0 atom stereocenters. The van der Waals surface area contributed by atoms with Crippen LogP contribution in [0.15, 0.2) is 28.9 Å². The molecule has 3 nitrogen and oxygen atoms in total. The zero-order valence-electron chi connectivity index (χ0n) is 10.3. The van der Waals surface area contributed by atoms with Crippen molar-refractivity contribution in [3.8, 4) is 0 Å². The Labute approximate surface area is 98.2 Å². The van der Waals surface area contributed by atoms with E-state index >= 15 is 0 Å². The highest BCUT2D eigenvalue weighted by Gasteiger charge is 2.16. The molecule has 1 rings (SSSR count). The van der Waals surface area contributed by atoms with Crippen molar-refractivity contribution in [3.05, 3.63) is 23.9 Å². The van der Waals surface area contributed by atoms with Gasteiger partial charge in [-0.15, -0.1) is 0 Å². The minimum Gasteiger partial charge on any atom is -0.393 e. The van der Waals surface area contributed by atoms with E-state index in [9.17, 15) is 5.11 Å².